The van der Waals surface area contributed by atoms with E-state index in [1.165, 1.54) is 11.1 Å². The molecule has 0 spiro atoms. The number of ketones is 1. The van der Waals surface area contributed by atoms with Crippen molar-refractivity contribution < 1.29 is 4.79 Å². The Hall–Kier alpha value is -2.41. The first-order valence-electron chi connectivity index (χ1n) is 7.00. The Morgan fingerprint density at radius 3 is 2.35 bits per heavy atom. The van der Waals surface area contributed by atoms with Crippen LogP contribution in [0.4, 0.5) is 0 Å². The van der Waals surface area contributed by atoms with Crippen LogP contribution in [0.25, 0.3) is 21.9 Å². The molecule has 1 aliphatic carbocycles. The van der Waals surface area contributed by atoms with Gasteiger partial charge in [0.2, 0.25) is 0 Å². The minimum absolute atomic E-state index is 0.145. The van der Waals surface area contributed by atoms with Crippen molar-refractivity contribution in [1.29, 1.82) is 0 Å². The highest BCUT2D eigenvalue weighted by Gasteiger charge is 2.25. The molecule has 0 unspecified atom stereocenters. The molecule has 3 aromatic rings. The summed E-state index contributed by atoms with van der Waals surface area (Å²) in [7, 11) is 0. The minimum atomic E-state index is 0.145. The van der Waals surface area contributed by atoms with E-state index in [-0.39, 0.29) is 5.78 Å². The van der Waals surface area contributed by atoms with Crippen molar-refractivity contribution in [2.24, 2.45) is 0 Å². The number of fused-ring (bicyclic) bond motifs is 2. The Bertz CT molecular complexity index is 859. The zero-order chi connectivity index (χ0) is 13.7. The van der Waals surface area contributed by atoms with Crippen LogP contribution in [0.2, 0.25) is 0 Å². The van der Waals surface area contributed by atoms with Gasteiger partial charge in [0, 0.05) is 16.5 Å². The standard InChI is InChI=1S/C19H14O/c1-2-12-10-11-13-6-5-9-16-18(13)17(12)14-7-3-4-8-15(14)19(16)20/h3-11H,2H2,1H3. The van der Waals surface area contributed by atoms with Crippen LogP contribution >= 0.6 is 0 Å². The van der Waals surface area contributed by atoms with Crippen LogP contribution in [0.1, 0.15) is 28.4 Å². The third-order valence-corrected chi connectivity index (χ3v) is 4.20. The first-order valence-corrected chi connectivity index (χ1v) is 7.00. The Morgan fingerprint density at radius 2 is 1.55 bits per heavy atom. The van der Waals surface area contributed by atoms with Crippen LogP contribution in [0.15, 0.2) is 54.6 Å². The number of hydrogen-bond donors (Lipinski definition) is 0. The van der Waals surface area contributed by atoms with Gasteiger partial charge in [-0.1, -0.05) is 61.5 Å². The van der Waals surface area contributed by atoms with E-state index in [0.717, 1.165) is 33.9 Å². The van der Waals surface area contributed by atoms with Crippen LogP contribution in [0, 0.1) is 0 Å². The van der Waals surface area contributed by atoms with Crippen LogP contribution < -0.4 is 0 Å². The van der Waals surface area contributed by atoms with Gasteiger partial charge in [-0.15, -0.1) is 0 Å². The van der Waals surface area contributed by atoms with Gasteiger partial charge in [0.15, 0.2) is 5.78 Å². The quantitative estimate of drug-likeness (QED) is 0.487. The average molecular weight is 258 g/mol. The Morgan fingerprint density at radius 1 is 0.800 bits per heavy atom. The molecule has 0 bridgehead atoms. The van der Waals surface area contributed by atoms with Crippen molar-refractivity contribution in [3.63, 3.8) is 0 Å². The lowest BCUT2D eigenvalue weighted by Gasteiger charge is -2.22. The van der Waals surface area contributed by atoms with E-state index >= 15 is 0 Å². The van der Waals surface area contributed by atoms with E-state index in [0.29, 0.717) is 0 Å². The topological polar surface area (TPSA) is 17.1 Å². The van der Waals surface area contributed by atoms with Gasteiger partial charge in [-0.2, -0.15) is 0 Å². The minimum Gasteiger partial charge on any atom is -0.289 e. The molecule has 0 N–H and O–H groups in total. The molecular weight excluding hydrogens is 244 g/mol. The lowest BCUT2D eigenvalue weighted by Crippen LogP contribution is -2.11. The lowest BCUT2D eigenvalue weighted by molar-refractivity contribution is 0.104. The molecule has 0 amide bonds. The number of carbonyl (C=O) groups excluding carboxylic acids is 1. The van der Waals surface area contributed by atoms with Gasteiger partial charge in [-0.25, -0.2) is 0 Å². The fraction of sp³-hybridized carbons (Fsp3) is 0.105. The predicted molar refractivity (Wildman–Crippen MR) is 82.2 cm³/mol. The summed E-state index contributed by atoms with van der Waals surface area (Å²) in [5, 5.41) is 2.27. The van der Waals surface area contributed by atoms with Crippen molar-refractivity contribution in [3.05, 3.63) is 71.3 Å². The Labute approximate surface area is 117 Å². The maximum absolute atomic E-state index is 12.7. The molecule has 1 nitrogen and oxygen atoms in total. The smallest absolute Gasteiger partial charge is 0.194 e. The second kappa shape index (κ2) is 4.04. The van der Waals surface area contributed by atoms with Gasteiger partial charge < -0.3 is 0 Å². The summed E-state index contributed by atoms with van der Waals surface area (Å²) in [6, 6.07) is 18.3. The van der Waals surface area contributed by atoms with Crippen LogP contribution in [0.3, 0.4) is 0 Å². The maximum Gasteiger partial charge on any atom is 0.194 e. The van der Waals surface area contributed by atoms with Crippen LogP contribution in [-0.2, 0) is 6.42 Å². The predicted octanol–water partition coefficient (Wildman–Crippen LogP) is 4.61. The second-order valence-corrected chi connectivity index (χ2v) is 5.23. The SMILES string of the molecule is CCc1ccc2cccc3c2c1-c1ccccc1C3=O. The summed E-state index contributed by atoms with van der Waals surface area (Å²) < 4.78 is 0. The molecule has 0 fully saturated rings. The number of benzene rings is 3. The van der Waals surface area contributed by atoms with Crippen molar-refractivity contribution in [2.45, 2.75) is 13.3 Å². The number of aryl methyl sites for hydroxylation is 1. The van der Waals surface area contributed by atoms with Crippen molar-refractivity contribution in [3.8, 4) is 11.1 Å². The first kappa shape index (κ1) is 11.4. The van der Waals surface area contributed by atoms with Gasteiger partial charge in [-0.05, 0) is 28.5 Å². The fourth-order valence-electron chi connectivity index (χ4n) is 3.26. The number of hydrogen-bond acceptors (Lipinski definition) is 1. The summed E-state index contributed by atoms with van der Waals surface area (Å²) >= 11 is 0. The molecule has 0 aliphatic heterocycles. The summed E-state index contributed by atoms with van der Waals surface area (Å²) in [5.74, 6) is 0.145. The molecule has 20 heavy (non-hydrogen) atoms. The second-order valence-electron chi connectivity index (χ2n) is 5.23. The zero-order valence-electron chi connectivity index (χ0n) is 11.3. The monoisotopic (exact) mass is 258 g/mol. The molecule has 96 valence electrons. The normalized spacial score (nSPS) is 12.6. The summed E-state index contributed by atoms with van der Waals surface area (Å²) in [5.41, 5.74) is 5.30. The lowest BCUT2D eigenvalue weighted by atomic mass is 9.80. The van der Waals surface area contributed by atoms with Gasteiger partial charge in [0.25, 0.3) is 0 Å². The largest absolute Gasteiger partial charge is 0.289 e. The first-order chi connectivity index (χ1) is 9.81. The van der Waals surface area contributed by atoms with Crippen LogP contribution in [-0.4, -0.2) is 5.78 Å². The molecule has 0 saturated heterocycles. The molecule has 0 radical (unpaired) electrons. The molecule has 0 aromatic heterocycles. The number of rotatable bonds is 1. The van der Waals surface area contributed by atoms with Crippen LogP contribution in [0.5, 0.6) is 0 Å². The third-order valence-electron chi connectivity index (χ3n) is 4.20. The van der Waals surface area contributed by atoms with Gasteiger partial charge in [0.1, 0.15) is 0 Å². The molecule has 0 heterocycles. The van der Waals surface area contributed by atoms with E-state index in [1.807, 2.05) is 30.3 Å². The van der Waals surface area contributed by atoms with Crippen molar-refractivity contribution in [2.75, 3.05) is 0 Å². The van der Waals surface area contributed by atoms with E-state index < -0.39 is 0 Å². The molecule has 1 heteroatoms. The summed E-state index contributed by atoms with van der Waals surface area (Å²) in [4.78, 5) is 12.7. The highest BCUT2D eigenvalue weighted by molar-refractivity contribution is 6.26. The molecule has 0 atom stereocenters. The molecule has 0 saturated carbocycles. The summed E-state index contributed by atoms with van der Waals surface area (Å²) in [6.07, 6.45) is 0.974. The molecule has 1 aliphatic rings. The average Bonchev–Trinajstić information content (AvgIpc) is 2.52. The molecular formula is C19H14O. The van der Waals surface area contributed by atoms with Crippen molar-refractivity contribution in [1.82, 2.24) is 0 Å². The van der Waals surface area contributed by atoms with Gasteiger partial charge >= 0.3 is 0 Å². The van der Waals surface area contributed by atoms with E-state index in [2.05, 4.69) is 31.2 Å². The Kier molecular flexibility index (Phi) is 2.31. The zero-order valence-corrected chi connectivity index (χ0v) is 11.3. The number of carbonyl (C=O) groups is 1. The maximum atomic E-state index is 12.7. The van der Waals surface area contributed by atoms with Crippen molar-refractivity contribution >= 4 is 16.6 Å². The van der Waals surface area contributed by atoms with E-state index in [9.17, 15) is 4.79 Å². The van der Waals surface area contributed by atoms with E-state index in [1.54, 1.807) is 0 Å². The van der Waals surface area contributed by atoms with E-state index in [4.69, 9.17) is 0 Å². The highest BCUT2D eigenvalue weighted by atomic mass is 16.1. The Balaban J connectivity index is 2.28. The summed E-state index contributed by atoms with van der Waals surface area (Å²) in [6.45, 7) is 2.17. The van der Waals surface area contributed by atoms with Gasteiger partial charge in [0.05, 0.1) is 0 Å². The fourth-order valence-corrected chi connectivity index (χ4v) is 3.26. The molecule has 3 aromatic carbocycles. The van der Waals surface area contributed by atoms with Gasteiger partial charge in [-0.3, -0.25) is 4.79 Å². The highest BCUT2D eigenvalue weighted by Crippen LogP contribution is 2.41. The molecule has 4 rings (SSSR count). The third kappa shape index (κ3) is 1.35.